The predicted molar refractivity (Wildman–Crippen MR) is 109 cm³/mol. The van der Waals surface area contributed by atoms with Crippen LogP contribution in [0.5, 0.6) is 11.5 Å². The molecule has 0 saturated heterocycles. The molecule has 8 nitrogen and oxygen atoms in total. The van der Waals surface area contributed by atoms with Gasteiger partial charge in [0.2, 0.25) is 5.82 Å². The standard InChI is InChI=1S/C21H25N5O3/c1-14(2)26-24-20(23-25-26)16-6-8-17(9-7-16)21(27)22-12-11-15-5-10-18(28-3)19(13-15)29-4/h5-10,13-14H,11-12H2,1-4H3,(H,22,27). The molecule has 0 bridgehead atoms. The topological polar surface area (TPSA) is 91.2 Å². The molecule has 2 aromatic carbocycles. The molecule has 1 heterocycles. The van der Waals surface area contributed by atoms with E-state index in [2.05, 4.69) is 20.7 Å². The van der Waals surface area contributed by atoms with Crippen molar-refractivity contribution in [2.75, 3.05) is 20.8 Å². The first-order valence-electron chi connectivity index (χ1n) is 9.41. The number of carbonyl (C=O) groups is 1. The van der Waals surface area contributed by atoms with Gasteiger partial charge in [0.05, 0.1) is 20.3 Å². The Kier molecular flexibility index (Phi) is 6.43. The lowest BCUT2D eigenvalue weighted by molar-refractivity contribution is 0.0954. The molecule has 1 amide bonds. The summed E-state index contributed by atoms with van der Waals surface area (Å²) in [6.45, 7) is 4.49. The smallest absolute Gasteiger partial charge is 0.251 e. The second-order valence-electron chi connectivity index (χ2n) is 6.80. The lowest BCUT2D eigenvalue weighted by Gasteiger charge is -2.10. The van der Waals surface area contributed by atoms with Gasteiger partial charge in [-0.3, -0.25) is 4.79 Å². The molecule has 1 aromatic heterocycles. The molecule has 0 saturated carbocycles. The van der Waals surface area contributed by atoms with Crippen LogP contribution in [0.2, 0.25) is 0 Å². The van der Waals surface area contributed by atoms with Gasteiger partial charge in [0.15, 0.2) is 11.5 Å². The van der Waals surface area contributed by atoms with Gasteiger partial charge in [0.1, 0.15) is 0 Å². The molecule has 0 unspecified atom stereocenters. The second-order valence-corrected chi connectivity index (χ2v) is 6.80. The van der Waals surface area contributed by atoms with Gasteiger partial charge in [-0.25, -0.2) is 0 Å². The van der Waals surface area contributed by atoms with Gasteiger partial charge in [-0.15, -0.1) is 10.2 Å². The largest absolute Gasteiger partial charge is 0.493 e. The summed E-state index contributed by atoms with van der Waals surface area (Å²) in [6.07, 6.45) is 0.687. The van der Waals surface area contributed by atoms with Crippen molar-refractivity contribution in [2.24, 2.45) is 0 Å². The third-order valence-electron chi connectivity index (χ3n) is 4.44. The molecular weight excluding hydrogens is 370 g/mol. The number of carbonyl (C=O) groups excluding carboxylic acids is 1. The van der Waals surface area contributed by atoms with Gasteiger partial charge in [-0.1, -0.05) is 18.2 Å². The van der Waals surface area contributed by atoms with Crippen LogP contribution in [0.25, 0.3) is 11.4 Å². The van der Waals surface area contributed by atoms with E-state index in [1.807, 2.05) is 44.2 Å². The zero-order valence-electron chi connectivity index (χ0n) is 17.0. The van der Waals surface area contributed by atoms with Crippen molar-refractivity contribution < 1.29 is 14.3 Å². The molecule has 0 spiro atoms. The van der Waals surface area contributed by atoms with Crippen LogP contribution in [0.15, 0.2) is 42.5 Å². The molecule has 3 aromatic rings. The average Bonchev–Trinajstić information content (AvgIpc) is 3.24. The predicted octanol–water partition coefficient (Wildman–Crippen LogP) is 2.91. The Morgan fingerprint density at radius 2 is 1.79 bits per heavy atom. The van der Waals surface area contributed by atoms with Gasteiger partial charge < -0.3 is 14.8 Å². The maximum atomic E-state index is 12.4. The third kappa shape index (κ3) is 4.90. The molecule has 0 aliphatic rings. The van der Waals surface area contributed by atoms with Crippen molar-refractivity contribution in [3.05, 3.63) is 53.6 Å². The number of rotatable bonds is 8. The van der Waals surface area contributed by atoms with Crippen LogP contribution in [0.3, 0.4) is 0 Å². The average molecular weight is 395 g/mol. The molecule has 0 fully saturated rings. The first-order valence-corrected chi connectivity index (χ1v) is 9.41. The summed E-state index contributed by atoms with van der Waals surface area (Å²) in [5, 5.41) is 15.3. The van der Waals surface area contributed by atoms with Gasteiger partial charge >= 0.3 is 0 Å². The molecule has 0 aliphatic carbocycles. The highest BCUT2D eigenvalue weighted by molar-refractivity contribution is 5.94. The third-order valence-corrected chi connectivity index (χ3v) is 4.44. The number of aromatic nitrogens is 4. The molecule has 0 atom stereocenters. The zero-order valence-corrected chi connectivity index (χ0v) is 17.0. The number of benzene rings is 2. The number of ether oxygens (including phenoxy) is 2. The van der Waals surface area contributed by atoms with Crippen LogP contribution in [0.1, 0.15) is 35.8 Å². The Morgan fingerprint density at radius 1 is 1.07 bits per heavy atom. The highest BCUT2D eigenvalue weighted by Crippen LogP contribution is 2.27. The Bertz CT molecular complexity index is 967. The SMILES string of the molecule is COc1ccc(CCNC(=O)c2ccc(-c3nnn(C(C)C)n3)cc2)cc1OC. The summed E-state index contributed by atoms with van der Waals surface area (Å²) in [4.78, 5) is 14.0. The first-order chi connectivity index (χ1) is 14.0. The summed E-state index contributed by atoms with van der Waals surface area (Å²) >= 11 is 0. The molecule has 29 heavy (non-hydrogen) atoms. The monoisotopic (exact) mass is 395 g/mol. The van der Waals surface area contributed by atoms with Crippen molar-refractivity contribution >= 4 is 5.91 Å². The minimum absolute atomic E-state index is 0.129. The zero-order chi connectivity index (χ0) is 20.8. The van der Waals surface area contributed by atoms with E-state index in [0.717, 1.165) is 11.1 Å². The molecule has 0 radical (unpaired) electrons. The van der Waals surface area contributed by atoms with Crippen molar-refractivity contribution in [1.82, 2.24) is 25.5 Å². The van der Waals surface area contributed by atoms with Crippen molar-refractivity contribution in [1.29, 1.82) is 0 Å². The lowest BCUT2D eigenvalue weighted by atomic mass is 10.1. The van der Waals surface area contributed by atoms with E-state index in [4.69, 9.17) is 9.47 Å². The first kappa shape index (κ1) is 20.3. The molecule has 0 aliphatic heterocycles. The van der Waals surface area contributed by atoms with E-state index in [1.165, 1.54) is 0 Å². The molecule has 1 N–H and O–H groups in total. The number of hydrogen-bond acceptors (Lipinski definition) is 6. The summed E-state index contributed by atoms with van der Waals surface area (Å²) in [5.74, 6) is 1.77. The Balaban J connectivity index is 1.57. The van der Waals surface area contributed by atoms with Gasteiger partial charge in [0.25, 0.3) is 5.91 Å². The fourth-order valence-corrected chi connectivity index (χ4v) is 2.79. The highest BCUT2D eigenvalue weighted by Gasteiger charge is 2.10. The summed E-state index contributed by atoms with van der Waals surface area (Å²) < 4.78 is 10.5. The maximum absolute atomic E-state index is 12.4. The molecule has 3 rings (SSSR count). The van der Waals surface area contributed by atoms with E-state index < -0.39 is 0 Å². The number of hydrogen-bond donors (Lipinski definition) is 1. The lowest BCUT2D eigenvalue weighted by Crippen LogP contribution is -2.25. The van der Waals surface area contributed by atoms with Crippen LogP contribution in [0.4, 0.5) is 0 Å². The molecule has 152 valence electrons. The number of nitrogens with one attached hydrogen (secondary N) is 1. The Labute approximate surface area is 169 Å². The van der Waals surface area contributed by atoms with Crippen LogP contribution in [-0.2, 0) is 6.42 Å². The van der Waals surface area contributed by atoms with E-state index in [-0.39, 0.29) is 11.9 Å². The summed E-state index contributed by atoms with van der Waals surface area (Å²) in [7, 11) is 3.21. The number of methoxy groups -OCH3 is 2. The van der Waals surface area contributed by atoms with Crippen molar-refractivity contribution in [3.8, 4) is 22.9 Å². The second kappa shape index (κ2) is 9.18. The summed E-state index contributed by atoms with van der Waals surface area (Å²) in [5.41, 5.74) is 2.45. The van der Waals surface area contributed by atoms with E-state index >= 15 is 0 Å². The fraction of sp³-hybridized carbons (Fsp3) is 0.333. The van der Waals surface area contributed by atoms with Gasteiger partial charge in [-0.2, -0.15) is 4.80 Å². The van der Waals surface area contributed by atoms with E-state index in [1.54, 1.807) is 31.1 Å². The number of tetrazole rings is 1. The number of amides is 1. The normalized spacial score (nSPS) is 10.8. The van der Waals surface area contributed by atoms with E-state index in [0.29, 0.717) is 35.9 Å². The van der Waals surface area contributed by atoms with Crippen LogP contribution < -0.4 is 14.8 Å². The van der Waals surface area contributed by atoms with E-state index in [9.17, 15) is 4.79 Å². The Morgan fingerprint density at radius 3 is 2.41 bits per heavy atom. The highest BCUT2D eigenvalue weighted by atomic mass is 16.5. The van der Waals surface area contributed by atoms with Crippen LogP contribution >= 0.6 is 0 Å². The minimum atomic E-state index is -0.129. The molecular formula is C21H25N5O3. The van der Waals surface area contributed by atoms with Crippen LogP contribution in [0, 0.1) is 0 Å². The molecule has 8 heteroatoms. The summed E-state index contributed by atoms with van der Waals surface area (Å²) in [6, 6.07) is 13.0. The van der Waals surface area contributed by atoms with Crippen molar-refractivity contribution in [3.63, 3.8) is 0 Å². The fourth-order valence-electron chi connectivity index (χ4n) is 2.79. The van der Waals surface area contributed by atoms with Crippen LogP contribution in [-0.4, -0.2) is 46.9 Å². The van der Waals surface area contributed by atoms with Gasteiger partial charge in [-0.05, 0) is 55.3 Å². The number of nitrogens with zero attached hydrogens (tertiary/aromatic N) is 4. The quantitative estimate of drug-likeness (QED) is 0.631. The van der Waals surface area contributed by atoms with Gasteiger partial charge in [0, 0.05) is 17.7 Å². The Hall–Kier alpha value is -3.42. The minimum Gasteiger partial charge on any atom is -0.493 e. The van der Waals surface area contributed by atoms with Crippen molar-refractivity contribution in [2.45, 2.75) is 26.3 Å². The maximum Gasteiger partial charge on any atom is 0.251 e.